The zero-order valence-corrected chi connectivity index (χ0v) is 17.9. The van der Waals surface area contributed by atoms with Crippen LogP contribution in [0.2, 0.25) is 5.02 Å². The fourth-order valence-corrected chi connectivity index (χ4v) is 4.08. The first-order valence-electron chi connectivity index (χ1n) is 10.5. The molecular weight excluding hydrogens is 418 g/mol. The van der Waals surface area contributed by atoms with Gasteiger partial charge in [-0.25, -0.2) is 8.78 Å². The van der Waals surface area contributed by atoms with Crippen molar-refractivity contribution in [2.24, 2.45) is 0 Å². The zero-order chi connectivity index (χ0) is 21.6. The maximum absolute atomic E-state index is 13.4. The molecular formula is C25H25ClF2N2O. The number of anilines is 1. The number of nitrogens with zero attached hydrogens (tertiary/aromatic N) is 2. The second-order valence-corrected chi connectivity index (χ2v) is 8.09. The van der Waals surface area contributed by atoms with Crippen molar-refractivity contribution in [1.29, 1.82) is 0 Å². The van der Waals surface area contributed by atoms with Gasteiger partial charge in [-0.2, -0.15) is 0 Å². The van der Waals surface area contributed by atoms with E-state index in [0.29, 0.717) is 5.75 Å². The van der Waals surface area contributed by atoms with Gasteiger partial charge in [0.1, 0.15) is 23.5 Å². The van der Waals surface area contributed by atoms with Crippen molar-refractivity contribution >= 4 is 17.3 Å². The van der Waals surface area contributed by atoms with Gasteiger partial charge in [-0.05, 0) is 48.0 Å². The van der Waals surface area contributed by atoms with Crippen molar-refractivity contribution in [2.45, 2.75) is 12.5 Å². The number of hydrogen-bond donors (Lipinski definition) is 0. The van der Waals surface area contributed by atoms with E-state index in [0.717, 1.165) is 50.4 Å². The van der Waals surface area contributed by atoms with Crippen LogP contribution in [0.25, 0.3) is 0 Å². The summed E-state index contributed by atoms with van der Waals surface area (Å²) in [7, 11) is 0. The third-order valence-electron chi connectivity index (χ3n) is 5.61. The largest absolute Gasteiger partial charge is 0.484 e. The minimum Gasteiger partial charge on any atom is -0.484 e. The Kier molecular flexibility index (Phi) is 7.05. The topological polar surface area (TPSA) is 15.7 Å². The third-order valence-corrected chi connectivity index (χ3v) is 5.90. The monoisotopic (exact) mass is 442 g/mol. The van der Waals surface area contributed by atoms with Crippen LogP contribution in [0.1, 0.15) is 18.1 Å². The molecule has 1 aliphatic heterocycles. The lowest BCUT2D eigenvalue weighted by molar-refractivity contribution is 0.160. The summed E-state index contributed by atoms with van der Waals surface area (Å²) in [5, 5.41) is 0.272. The zero-order valence-electron chi connectivity index (χ0n) is 17.2. The highest BCUT2D eigenvalue weighted by molar-refractivity contribution is 6.32. The van der Waals surface area contributed by atoms with Crippen LogP contribution in [0.5, 0.6) is 5.75 Å². The standard InChI is InChI=1S/C25H25ClF2N2O/c26-23-18-21(28)8-11-25(23)31-24(19-4-2-1-3-5-19)12-13-29-14-16-30(17-15-29)22-9-6-20(27)7-10-22/h1-11,18,24H,12-17H2. The molecule has 0 amide bonds. The van der Waals surface area contributed by atoms with E-state index in [4.69, 9.17) is 16.3 Å². The van der Waals surface area contributed by atoms with E-state index in [1.165, 1.54) is 24.3 Å². The Labute approximate surface area is 186 Å². The molecule has 1 unspecified atom stereocenters. The summed E-state index contributed by atoms with van der Waals surface area (Å²) < 4.78 is 32.8. The van der Waals surface area contributed by atoms with Gasteiger partial charge < -0.3 is 9.64 Å². The predicted molar refractivity (Wildman–Crippen MR) is 121 cm³/mol. The van der Waals surface area contributed by atoms with E-state index in [9.17, 15) is 8.78 Å². The molecule has 1 saturated heterocycles. The fourth-order valence-electron chi connectivity index (χ4n) is 3.87. The van der Waals surface area contributed by atoms with Crippen LogP contribution in [0.4, 0.5) is 14.5 Å². The van der Waals surface area contributed by atoms with Crippen LogP contribution < -0.4 is 9.64 Å². The van der Waals surface area contributed by atoms with Gasteiger partial charge in [-0.3, -0.25) is 4.90 Å². The van der Waals surface area contributed by atoms with Gasteiger partial charge in [-0.15, -0.1) is 0 Å². The van der Waals surface area contributed by atoms with Crippen molar-refractivity contribution in [3.63, 3.8) is 0 Å². The molecule has 0 aromatic heterocycles. The van der Waals surface area contributed by atoms with Crippen molar-refractivity contribution in [2.75, 3.05) is 37.6 Å². The highest BCUT2D eigenvalue weighted by Crippen LogP contribution is 2.31. The number of piperazine rings is 1. The second kappa shape index (κ2) is 10.1. The van der Waals surface area contributed by atoms with Crippen molar-refractivity contribution in [3.05, 3.63) is 95.0 Å². The van der Waals surface area contributed by atoms with Crippen LogP contribution in [0, 0.1) is 11.6 Å². The molecule has 0 N–H and O–H groups in total. The molecule has 1 heterocycles. The lowest BCUT2D eigenvalue weighted by Gasteiger charge is -2.36. The summed E-state index contributed by atoms with van der Waals surface area (Å²) >= 11 is 6.19. The van der Waals surface area contributed by atoms with Gasteiger partial charge in [0.25, 0.3) is 0 Å². The van der Waals surface area contributed by atoms with Gasteiger partial charge in [0, 0.05) is 44.8 Å². The van der Waals surface area contributed by atoms with Crippen LogP contribution in [-0.2, 0) is 0 Å². The molecule has 0 spiro atoms. The van der Waals surface area contributed by atoms with Gasteiger partial charge in [0.05, 0.1) is 5.02 Å². The molecule has 162 valence electrons. The highest BCUT2D eigenvalue weighted by atomic mass is 35.5. The van der Waals surface area contributed by atoms with Gasteiger partial charge in [-0.1, -0.05) is 41.9 Å². The number of ether oxygens (including phenoxy) is 1. The summed E-state index contributed by atoms with van der Waals surface area (Å²) in [5.41, 5.74) is 2.12. The fraction of sp³-hybridized carbons (Fsp3) is 0.280. The highest BCUT2D eigenvalue weighted by Gasteiger charge is 2.21. The van der Waals surface area contributed by atoms with Crippen molar-refractivity contribution < 1.29 is 13.5 Å². The van der Waals surface area contributed by atoms with Gasteiger partial charge in [0.15, 0.2) is 0 Å². The third kappa shape index (κ3) is 5.75. The molecule has 3 nitrogen and oxygen atoms in total. The van der Waals surface area contributed by atoms with E-state index in [1.54, 1.807) is 6.07 Å². The molecule has 0 aliphatic carbocycles. The average molecular weight is 443 g/mol. The smallest absolute Gasteiger partial charge is 0.139 e. The summed E-state index contributed by atoms with van der Waals surface area (Å²) in [6.07, 6.45) is 0.605. The molecule has 3 aromatic carbocycles. The minimum absolute atomic E-state index is 0.181. The molecule has 0 bridgehead atoms. The summed E-state index contributed by atoms with van der Waals surface area (Å²) in [6.45, 7) is 4.51. The molecule has 0 radical (unpaired) electrons. The van der Waals surface area contributed by atoms with Gasteiger partial charge >= 0.3 is 0 Å². The van der Waals surface area contributed by atoms with Crippen LogP contribution in [-0.4, -0.2) is 37.6 Å². The lowest BCUT2D eigenvalue weighted by atomic mass is 10.1. The van der Waals surface area contributed by atoms with Crippen LogP contribution in [0.3, 0.4) is 0 Å². The SMILES string of the molecule is Fc1ccc(N2CCN(CCC(Oc3ccc(F)cc3Cl)c3ccccc3)CC2)cc1. The number of benzene rings is 3. The Bertz CT molecular complexity index is 977. The minimum atomic E-state index is -0.382. The molecule has 4 rings (SSSR count). The Morgan fingerprint density at radius 2 is 1.52 bits per heavy atom. The van der Waals surface area contributed by atoms with Crippen molar-refractivity contribution in [1.82, 2.24) is 4.90 Å². The Morgan fingerprint density at radius 3 is 2.19 bits per heavy atom. The van der Waals surface area contributed by atoms with E-state index >= 15 is 0 Å². The molecule has 31 heavy (non-hydrogen) atoms. The predicted octanol–water partition coefficient (Wildman–Crippen LogP) is 5.95. The summed E-state index contributed by atoms with van der Waals surface area (Å²) in [4.78, 5) is 4.69. The van der Waals surface area contributed by atoms with E-state index in [2.05, 4.69) is 9.80 Å². The van der Waals surface area contributed by atoms with Crippen LogP contribution in [0.15, 0.2) is 72.8 Å². The molecule has 3 aromatic rings. The second-order valence-electron chi connectivity index (χ2n) is 7.69. The number of halogens is 3. The van der Waals surface area contributed by atoms with Crippen molar-refractivity contribution in [3.8, 4) is 5.75 Å². The van der Waals surface area contributed by atoms with Crippen LogP contribution >= 0.6 is 11.6 Å². The number of hydrogen-bond acceptors (Lipinski definition) is 3. The molecule has 1 aliphatic rings. The maximum atomic E-state index is 13.4. The molecule has 0 saturated carbocycles. The first-order chi connectivity index (χ1) is 15.1. The Morgan fingerprint density at radius 1 is 0.839 bits per heavy atom. The molecule has 6 heteroatoms. The maximum Gasteiger partial charge on any atom is 0.139 e. The quantitative estimate of drug-likeness (QED) is 0.449. The van der Waals surface area contributed by atoms with E-state index < -0.39 is 0 Å². The normalized spacial score (nSPS) is 15.6. The molecule has 1 atom stereocenters. The summed E-state index contributed by atoms with van der Waals surface area (Å²) in [5.74, 6) is -0.110. The van der Waals surface area contributed by atoms with E-state index in [1.807, 2.05) is 42.5 Å². The average Bonchev–Trinajstić information content (AvgIpc) is 2.79. The first kappa shape index (κ1) is 21.6. The first-order valence-corrected chi connectivity index (χ1v) is 10.9. The number of rotatable bonds is 7. The summed E-state index contributed by atoms with van der Waals surface area (Å²) in [6, 6.07) is 20.9. The molecule has 1 fully saturated rings. The van der Waals surface area contributed by atoms with E-state index in [-0.39, 0.29) is 22.8 Å². The van der Waals surface area contributed by atoms with Gasteiger partial charge in [0.2, 0.25) is 0 Å². The Balaban J connectivity index is 1.37. The Hall–Kier alpha value is -2.63. The lowest BCUT2D eigenvalue weighted by Crippen LogP contribution is -2.46.